The summed E-state index contributed by atoms with van der Waals surface area (Å²) in [5.74, 6) is 0.732. The maximum atomic E-state index is 13.8. The minimum absolute atomic E-state index is 0.0850. The van der Waals surface area contributed by atoms with E-state index in [0.717, 1.165) is 16.4 Å². The number of rotatable bonds is 4. The summed E-state index contributed by atoms with van der Waals surface area (Å²) in [5, 5.41) is 3.72. The van der Waals surface area contributed by atoms with Gasteiger partial charge in [0.2, 0.25) is 0 Å². The first-order chi connectivity index (χ1) is 8.70. The van der Waals surface area contributed by atoms with E-state index >= 15 is 0 Å². The molecule has 0 spiro atoms. The highest BCUT2D eigenvalue weighted by Gasteiger charge is 2.21. The monoisotopic (exact) mass is 267 g/mol. The SMILES string of the molecule is CNCc1c(F)cccc1SC1CCCC(C)C1. The lowest BCUT2D eigenvalue weighted by Crippen LogP contribution is -2.16. The molecular formula is C15H22FNS. The number of hydrogen-bond acceptors (Lipinski definition) is 2. The van der Waals surface area contributed by atoms with Gasteiger partial charge in [0.25, 0.3) is 0 Å². The van der Waals surface area contributed by atoms with Gasteiger partial charge in [-0.25, -0.2) is 4.39 Å². The minimum Gasteiger partial charge on any atom is -0.316 e. The highest BCUT2D eigenvalue weighted by Crippen LogP contribution is 2.37. The summed E-state index contributed by atoms with van der Waals surface area (Å²) >= 11 is 1.87. The van der Waals surface area contributed by atoms with Gasteiger partial charge in [-0.05, 0) is 37.9 Å². The van der Waals surface area contributed by atoms with E-state index in [-0.39, 0.29) is 5.82 Å². The molecule has 2 unspecified atom stereocenters. The zero-order chi connectivity index (χ0) is 13.0. The Hall–Kier alpha value is -0.540. The van der Waals surface area contributed by atoms with Gasteiger partial charge in [-0.3, -0.25) is 0 Å². The molecule has 1 aromatic carbocycles. The summed E-state index contributed by atoms with van der Waals surface area (Å²) in [7, 11) is 1.86. The molecule has 0 bridgehead atoms. The smallest absolute Gasteiger partial charge is 0.128 e. The molecule has 0 heterocycles. The van der Waals surface area contributed by atoms with Crippen LogP contribution in [-0.2, 0) is 6.54 Å². The van der Waals surface area contributed by atoms with Crippen molar-refractivity contribution in [2.45, 2.75) is 49.3 Å². The molecule has 100 valence electrons. The van der Waals surface area contributed by atoms with E-state index in [0.29, 0.717) is 11.8 Å². The normalized spacial score (nSPS) is 24.2. The fourth-order valence-corrected chi connectivity index (χ4v) is 4.20. The van der Waals surface area contributed by atoms with Crippen LogP contribution in [0.4, 0.5) is 4.39 Å². The lowest BCUT2D eigenvalue weighted by atomic mass is 9.91. The van der Waals surface area contributed by atoms with Crippen molar-refractivity contribution >= 4 is 11.8 Å². The van der Waals surface area contributed by atoms with Crippen molar-refractivity contribution in [3.63, 3.8) is 0 Å². The molecule has 1 aliphatic carbocycles. The number of halogens is 1. The summed E-state index contributed by atoms with van der Waals surface area (Å²) < 4.78 is 13.8. The van der Waals surface area contributed by atoms with Crippen LogP contribution < -0.4 is 5.32 Å². The van der Waals surface area contributed by atoms with Crippen LogP contribution in [-0.4, -0.2) is 12.3 Å². The minimum atomic E-state index is -0.0850. The molecule has 1 nitrogen and oxygen atoms in total. The quantitative estimate of drug-likeness (QED) is 0.876. The maximum absolute atomic E-state index is 13.8. The van der Waals surface area contributed by atoms with Crippen LogP contribution >= 0.6 is 11.8 Å². The number of nitrogens with one attached hydrogen (secondary N) is 1. The Labute approximate surface area is 114 Å². The molecule has 0 amide bonds. The Morgan fingerprint density at radius 2 is 2.22 bits per heavy atom. The third kappa shape index (κ3) is 3.48. The number of benzene rings is 1. The first-order valence-electron chi connectivity index (χ1n) is 6.79. The van der Waals surface area contributed by atoms with Crippen molar-refractivity contribution in [2.75, 3.05) is 7.05 Å². The van der Waals surface area contributed by atoms with Crippen LogP contribution in [0, 0.1) is 11.7 Å². The first kappa shape index (κ1) is 13.9. The molecule has 2 rings (SSSR count). The topological polar surface area (TPSA) is 12.0 Å². The van der Waals surface area contributed by atoms with Crippen molar-refractivity contribution in [2.24, 2.45) is 5.92 Å². The average Bonchev–Trinajstić information content (AvgIpc) is 2.34. The van der Waals surface area contributed by atoms with Gasteiger partial charge >= 0.3 is 0 Å². The molecule has 3 heteroatoms. The third-order valence-electron chi connectivity index (χ3n) is 3.61. The van der Waals surface area contributed by atoms with E-state index in [9.17, 15) is 4.39 Å². The molecular weight excluding hydrogens is 245 g/mol. The molecule has 1 aliphatic rings. The summed E-state index contributed by atoms with van der Waals surface area (Å²) in [6.07, 6.45) is 5.20. The standard InChI is InChI=1S/C15H22FNS/c1-11-5-3-6-12(9-11)18-15-8-4-7-14(16)13(15)10-17-2/h4,7-8,11-12,17H,3,5-6,9-10H2,1-2H3. The second kappa shape index (κ2) is 6.58. The van der Waals surface area contributed by atoms with Crippen molar-refractivity contribution < 1.29 is 4.39 Å². The molecule has 0 aliphatic heterocycles. The maximum Gasteiger partial charge on any atom is 0.128 e. The number of thioether (sulfide) groups is 1. The van der Waals surface area contributed by atoms with E-state index in [2.05, 4.69) is 18.3 Å². The van der Waals surface area contributed by atoms with E-state index in [1.807, 2.05) is 24.9 Å². The van der Waals surface area contributed by atoms with Gasteiger partial charge in [-0.2, -0.15) is 0 Å². The Kier molecular flexibility index (Phi) is 5.07. The van der Waals surface area contributed by atoms with Crippen LogP contribution in [0.15, 0.2) is 23.1 Å². The molecule has 18 heavy (non-hydrogen) atoms. The predicted molar refractivity (Wildman–Crippen MR) is 76.4 cm³/mol. The molecule has 2 atom stereocenters. The summed E-state index contributed by atoms with van der Waals surface area (Å²) in [5.41, 5.74) is 0.822. The van der Waals surface area contributed by atoms with Gasteiger partial charge in [-0.15, -0.1) is 11.8 Å². The average molecular weight is 267 g/mol. The molecule has 0 radical (unpaired) electrons. The van der Waals surface area contributed by atoms with Crippen LogP contribution in [0.2, 0.25) is 0 Å². The van der Waals surface area contributed by atoms with Gasteiger partial charge in [-0.1, -0.05) is 25.8 Å². The van der Waals surface area contributed by atoms with E-state index in [1.165, 1.54) is 25.7 Å². The molecule has 0 saturated heterocycles. The lowest BCUT2D eigenvalue weighted by Gasteiger charge is -2.26. The molecule has 1 N–H and O–H groups in total. The first-order valence-corrected chi connectivity index (χ1v) is 7.67. The summed E-state index contributed by atoms with van der Waals surface area (Å²) in [4.78, 5) is 1.11. The van der Waals surface area contributed by atoms with Crippen molar-refractivity contribution in [3.8, 4) is 0 Å². The van der Waals surface area contributed by atoms with Crippen molar-refractivity contribution in [3.05, 3.63) is 29.6 Å². The van der Waals surface area contributed by atoms with E-state index < -0.39 is 0 Å². The fraction of sp³-hybridized carbons (Fsp3) is 0.600. The number of hydrogen-bond donors (Lipinski definition) is 1. The Balaban J connectivity index is 2.10. The predicted octanol–water partition coefficient (Wildman–Crippen LogP) is 4.22. The second-order valence-corrected chi connectivity index (χ2v) is 6.60. The van der Waals surface area contributed by atoms with Crippen LogP contribution in [0.5, 0.6) is 0 Å². The van der Waals surface area contributed by atoms with E-state index in [1.54, 1.807) is 6.07 Å². The Morgan fingerprint density at radius 1 is 1.39 bits per heavy atom. The van der Waals surface area contributed by atoms with Crippen LogP contribution in [0.1, 0.15) is 38.2 Å². The summed E-state index contributed by atoms with van der Waals surface area (Å²) in [6, 6.07) is 5.43. The highest BCUT2D eigenvalue weighted by molar-refractivity contribution is 8.00. The zero-order valence-electron chi connectivity index (χ0n) is 11.2. The lowest BCUT2D eigenvalue weighted by molar-refractivity contribution is 0.394. The largest absolute Gasteiger partial charge is 0.316 e. The van der Waals surface area contributed by atoms with Crippen molar-refractivity contribution in [1.82, 2.24) is 5.32 Å². The zero-order valence-corrected chi connectivity index (χ0v) is 12.0. The third-order valence-corrected chi connectivity index (χ3v) is 5.01. The van der Waals surface area contributed by atoms with Gasteiger partial charge in [0.1, 0.15) is 5.82 Å². The Bertz CT molecular complexity index is 394. The molecule has 1 saturated carbocycles. The second-order valence-electron chi connectivity index (χ2n) is 5.26. The van der Waals surface area contributed by atoms with Gasteiger partial charge < -0.3 is 5.32 Å². The molecule has 1 fully saturated rings. The summed E-state index contributed by atoms with van der Waals surface area (Å²) in [6.45, 7) is 2.93. The van der Waals surface area contributed by atoms with E-state index in [4.69, 9.17) is 0 Å². The van der Waals surface area contributed by atoms with Crippen LogP contribution in [0.3, 0.4) is 0 Å². The fourth-order valence-electron chi connectivity index (χ4n) is 2.66. The van der Waals surface area contributed by atoms with Crippen molar-refractivity contribution in [1.29, 1.82) is 0 Å². The Morgan fingerprint density at radius 3 is 2.94 bits per heavy atom. The van der Waals surface area contributed by atoms with Gasteiger partial charge in [0.05, 0.1) is 0 Å². The van der Waals surface area contributed by atoms with Crippen LogP contribution in [0.25, 0.3) is 0 Å². The van der Waals surface area contributed by atoms with Gasteiger partial charge in [0, 0.05) is 22.3 Å². The molecule has 0 aromatic heterocycles. The molecule has 1 aromatic rings. The highest BCUT2D eigenvalue weighted by atomic mass is 32.2. The van der Waals surface area contributed by atoms with Gasteiger partial charge in [0.15, 0.2) is 0 Å².